The van der Waals surface area contributed by atoms with Gasteiger partial charge in [-0.1, -0.05) is 36.4 Å². The van der Waals surface area contributed by atoms with Gasteiger partial charge < -0.3 is 19.5 Å². The molecule has 0 spiro atoms. The van der Waals surface area contributed by atoms with Crippen molar-refractivity contribution >= 4 is 33.8 Å². The summed E-state index contributed by atoms with van der Waals surface area (Å²) in [6.07, 6.45) is 0. The quantitative estimate of drug-likeness (QED) is 0.337. The summed E-state index contributed by atoms with van der Waals surface area (Å²) >= 11 is 2.81. The van der Waals surface area contributed by atoms with Gasteiger partial charge in [0.1, 0.15) is 11.6 Å². The maximum absolute atomic E-state index is 12.4. The third-order valence-corrected chi connectivity index (χ3v) is 6.26. The Balaban J connectivity index is 1.35. The number of carbonyl (C=O) groups excluding carboxylic acids is 1. The van der Waals surface area contributed by atoms with E-state index in [1.54, 1.807) is 19.6 Å². The molecule has 0 bridgehead atoms. The molecule has 32 heavy (non-hydrogen) atoms. The van der Waals surface area contributed by atoms with Crippen LogP contribution < -0.4 is 14.8 Å². The zero-order chi connectivity index (χ0) is 22.3. The standard InChI is InChI=1S/C23H21N3O4S2/c1-28-19-10-6-9-17(20(19)29-2)21-25-16(13-31-21)12-30-22(27)18-14-32-23(26-18)24-11-15-7-4-3-5-8-15/h3-10,13-14H,11-12H2,1-2H3,(H,24,26). The molecule has 2 heterocycles. The molecule has 0 radical (unpaired) electrons. The first-order valence-corrected chi connectivity index (χ1v) is 11.5. The number of anilines is 1. The number of para-hydroxylation sites is 1. The molecule has 0 atom stereocenters. The molecule has 2 aromatic carbocycles. The van der Waals surface area contributed by atoms with E-state index in [4.69, 9.17) is 14.2 Å². The molecule has 0 aliphatic heterocycles. The lowest BCUT2D eigenvalue weighted by molar-refractivity contribution is 0.0462. The Morgan fingerprint density at radius 3 is 2.59 bits per heavy atom. The lowest BCUT2D eigenvalue weighted by Gasteiger charge is -2.10. The minimum absolute atomic E-state index is 0.0614. The summed E-state index contributed by atoms with van der Waals surface area (Å²) in [6, 6.07) is 15.6. The van der Waals surface area contributed by atoms with Crippen molar-refractivity contribution < 1.29 is 19.0 Å². The number of hydrogen-bond donors (Lipinski definition) is 1. The summed E-state index contributed by atoms with van der Waals surface area (Å²) in [5.41, 5.74) is 2.89. The molecule has 0 fully saturated rings. The van der Waals surface area contributed by atoms with Crippen LogP contribution in [-0.2, 0) is 17.9 Å². The van der Waals surface area contributed by atoms with Crippen LogP contribution in [0.25, 0.3) is 10.6 Å². The Kier molecular flexibility index (Phi) is 6.98. The van der Waals surface area contributed by atoms with Crippen LogP contribution in [0.5, 0.6) is 11.5 Å². The molecule has 4 aromatic rings. The zero-order valence-corrected chi connectivity index (χ0v) is 19.2. The van der Waals surface area contributed by atoms with Gasteiger partial charge in [-0.2, -0.15) is 0 Å². The summed E-state index contributed by atoms with van der Waals surface area (Å²) in [6.45, 7) is 0.699. The van der Waals surface area contributed by atoms with Gasteiger partial charge in [0.05, 0.1) is 25.5 Å². The molecule has 7 nitrogen and oxygen atoms in total. The van der Waals surface area contributed by atoms with Gasteiger partial charge in [0.15, 0.2) is 22.3 Å². The number of ether oxygens (including phenoxy) is 3. The Labute approximate surface area is 193 Å². The average Bonchev–Trinajstić information content (AvgIpc) is 3.51. The van der Waals surface area contributed by atoms with Gasteiger partial charge in [-0.05, 0) is 17.7 Å². The Hall–Kier alpha value is -3.43. The molecule has 164 valence electrons. The Morgan fingerprint density at radius 1 is 0.969 bits per heavy atom. The highest BCUT2D eigenvalue weighted by Gasteiger charge is 2.16. The molecule has 0 aliphatic carbocycles. The number of nitrogens with zero attached hydrogens (tertiary/aromatic N) is 2. The topological polar surface area (TPSA) is 82.6 Å². The van der Waals surface area contributed by atoms with E-state index in [1.165, 1.54) is 22.7 Å². The number of rotatable bonds is 9. The van der Waals surface area contributed by atoms with Crippen LogP contribution in [0.2, 0.25) is 0 Å². The van der Waals surface area contributed by atoms with E-state index in [9.17, 15) is 4.79 Å². The minimum Gasteiger partial charge on any atom is -0.493 e. The fourth-order valence-corrected chi connectivity index (χ4v) is 4.49. The molecular weight excluding hydrogens is 446 g/mol. The second-order valence-corrected chi connectivity index (χ2v) is 8.35. The minimum atomic E-state index is -0.484. The number of benzene rings is 2. The van der Waals surface area contributed by atoms with E-state index in [2.05, 4.69) is 15.3 Å². The molecule has 1 N–H and O–H groups in total. The molecule has 2 aromatic heterocycles. The van der Waals surface area contributed by atoms with Crippen molar-refractivity contribution in [3.8, 4) is 22.1 Å². The molecule has 0 unspecified atom stereocenters. The van der Waals surface area contributed by atoms with Crippen LogP contribution in [0.4, 0.5) is 5.13 Å². The third kappa shape index (κ3) is 5.06. The molecule has 4 rings (SSSR count). The Morgan fingerprint density at radius 2 is 1.81 bits per heavy atom. The largest absolute Gasteiger partial charge is 0.493 e. The van der Waals surface area contributed by atoms with Crippen molar-refractivity contribution in [3.05, 3.63) is 76.2 Å². The third-order valence-electron chi connectivity index (χ3n) is 4.54. The highest BCUT2D eigenvalue weighted by Crippen LogP contribution is 2.39. The number of hydrogen-bond acceptors (Lipinski definition) is 9. The van der Waals surface area contributed by atoms with Crippen molar-refractivity contribution in [3.63, 3.8) is 0 Å². The second kappa shape index (κ2) is 10.3. The Bertz CT molecular complexity index is 1190. The molecule has 0 saturated heterocycles. The van der Waals surface area contributed by atoms with Crippen molar-refractivity contribution in [2.45, 2.75) is 13.2 Å². The van der Waals surface area contributed by atoms with E-state index in [0.717, 1.165) is 16.1 Å². The average molecular weight is 468 g/mol. The highest BCUT2D eigenvalue weighted by molar-refractivity contribution is 7.14. The van der Waals surface area contributed by atoms with Crippen molar-refractivity contribution in [1.29, 1.82) is 0 Å². The van der Waals surface area contributed by atoms with E-state index in [1.807, 2.05) is 53.9 Å². The normalized spacial score (nSPS) is 10.6. The zero-order valence-electron chi connectivity index (χ0n) is 17.5. The molecule has 0 amide bonds. The monoisotopic (exact) mass is 467 g/mol. The van der Waals surface area contributed by atoms with Crippen molar-refractivity contribution in [2.24, 2.45) is 0 Å². The SMILES string of the molecule is COc1cccc(-c2nc(COC(=O)c3csc(NCc4ccccc4)n3)cs2)c1OC. The van der Waals surface area contributed by atoms with Crippen LogP contribution in [0, 0.1) is 0 Å². The van der Waals surface area contributed by atoms with E-state index in [0.29, 0.717) is 28.9 Å². The van der Waals surface area contributed by atoms with Crippen LogP contribution in [0.15, 0.2) is 59.3 Å². The van der Waals surface area contributed by atoms with Gasteiger partial charge in [-0.25, -0.2) is 14.8 Å². The maximum Gasteiger partial charge on any atom is 0.358 e. The molecular formula is C23H21N3O4S2. The first kappa shape index (κ1) is 21.8. The predicted octanol–water partition coefficient (Wildman–Crippen LogP) is 5.25. The molecule has 0 saturated carbocycles. The molecule has 9 heteroatoms. The lowest BCUT2D eigenvalue weighted by atomic mass is 10.2. The first-order chi connectivity index (χ1) is 15.7. The number of aromatic nitrogens is 2. The van der Waals surface area contributed by atoms with Crippen molar-refractivity contribution in [1.82, 2.24) is 9.97 Å². The van der Waals surface area contributed by atoms with Crippen LogP contribution in [0.1, 0.15) is 21.7 Å². The maximum atomic E-state index is 12.4. The summed E-state index contributed by atoms with van der Waals surface area (Å²) in [4.78, 5) is 21.3. The fourth-order valence-electron chi connectivity index (χ4n) is 2.99. The van der Waals surface area contributed by atoms with Gasteiger partial charge in [0, 0.05) is 17.3 Å². The van der Waals surface area contributed by atoms with E-state index >= 15 is 0 Å². The number of thiazole rings is 2. The van der Waals surface area contributed by atoms with Crippen LogP contribution >= 0.6 is 22.7 Å². The number of esters is 1. The van der Waals surface area contributed by atoms with Crippen LogP contribution in [-0.4, -0.2) is 30.2 Å². The summed E-state index contributed by atoms with van der Waals surface area (Å²) < 4.78 is 16.2. The smallest absolute Gasteiger partial charge is 0.358 e. The van der Waals surface area contributed by atoms with E-state index in [-0.39, 0.29) is 12.3 Å². The summed E-state index contributed by atoms with van der Waals surface area (Å²) in [5, 5.41) is 8.18. The number of nitrogens with one attached hydrogen (secondary N) is 1. The molecule has 0 aliphatic rings. The predicted molar refractivity (Wildman–Crippen MR) is 126 cm³/mol. The highest BCUT2D eigenvalue weighted by atomic mass is 32.1. The summed E-state index contributed by atoms with van der Waals surface area (Å²) in [7, 11) is 3.18. The van der Waals surface area contributed by atoms with Crippen LogP contribution in [0.3, 0.4) is 0 Å². The van der Waals surface area contributed by atoms with Gasteiger partial charge in [0.25, 0.3) is 0 Å². The van der Waals surface area contributed by atoms with Gasteiger partial charge in [-0.3, -0.25) is 0 Å². The van der Waals surface area contributed by atoms with Gasteiger partial charge >= 0.3 is 5.97 Å². The lowest BCUT2D eigenvalue weighted by Crippen LogP contribution is -2.06. The fraction of sp³-hybridized carbons (Fsp3) is 0.174. The van der Waals surface area contributed by atoms with Gasteiger partial charge in [-0.15, -0.1) is 22.7 Å². The first-order valence-electron chi connectivity index (χ1n) is 9.74. The summed E-state index contributed by atoms with van der Waals surface area (Å²) in [5.74, 6) is 0.766. The van der Waals surface area contributed by atoms with Crippen molar-refractivity contribution in [2.75, 3.05) is 19.5 Å². The van der Waals surface area contributed by atoms with E-state index < -0.39 is 5.97 Å². The number of methoxy groups -OCH3 is 2. The second-order valence-electron chi connectivity index (χ2n) is 6.64. The van der Waals surface area contributed by atoms with Gasteiger partial charge in [0.2, 0.25) is 0 Å². The number of carbonyl (C=O) groups is 1.